The summed E-state index contributed by atoms with van der Waals surface area (Å²) in [4.78, 5) is 12.5. The first-order chi connectivity index (χ1) is 11.4. The summed E-state index contributed by atoms with van der Waals surface area (Å²) in [6.45, 7) is 6.59. The molecule has 1 aliphatic heterocycles. The molecular formula is C21H22O2Si. The zero-order valence-corrected chi connectivity index (χ0v) is 15.4. The van der Waals surface area contributed by atoms with Crippen molar-refractivity contribution in [1.82, 2.24) is 0 Å². The van der Waals surface area contributed by atoms with Gasteiger partial charge < -0.3 is 4.74 Å². The Morgan fingerprint density at radius 3 is 2.62 bits per heavy atom. The topological polar surface area (TPSA) is 26.3 Å². The van der Waals surface area contributed by atoms with E-state index in [1.165, 1.54) is 0 Å². The summed E-state index contributed by atoms with van der Waals surface area (Å²) in [6, 6.07) is 14.3. The molecule has 2 aromatic rings. The predicted octanol–water partition coefficient (Wildman–Crippen LogP) is 5.03. The SMILES string of the molecule is C[Si](C)(C)C#C/C=C1\CCC(c2cccc3ccccc23)C(=O)O1. The monoisotopic (exact) mass is 334 g/mol. The van der Waals surface area contributed by atoms with Gasteiger partial charge in [0.25, 0.3) is 0 Å². The lowest BCUT2D eigenvalue weighted by molar-refractivity contribution is -0.143. The van der Waals surface area contributed by atoms with Crippen LogP contribution in [0.4, 0.5) is 0 Å². The molecule has 1 unspecified atom stereocenters. The number of hydrogen-bond donors (Lipinski definition) is 0. The van der Waals surface area contributed by atoms with Gasteiger partial charge in [-0.25, -0.2) is 0 Å². The number of allylic oxidation sites excluding steroid dienone is 2. The van der Waals surface area contributed by atoms with Gasteiger partial charge in [-0.15, -0.1) is 5.54 Å². The predicted molar refractivity (Wildman–Crippen MR) is 101 cm³/mol. The number of carbonyl (C=O) groups is 1. The molecule has 1 heterocycles. The maximum atomic E-state index is 12.5. The van der Waals surface area contributed by atoms with Gasteiger partial charge in [-0.1, -0.05) is 68.0 Å². The van der Waals surface area contributed by atoms with Crippen LogP contribution >= 0.6 is 0 Å². The zero-order chi connectivity index (χ0) is 17.2. The second-order valence-corrected chi connectivity index (χ2v) is 12.0. The number of benzene rings is 2. The molecule has 2 nitrogen and oxygen atoms in total. The highest BCUT2D eigenvalue weighted by atomic mass is 28.3. The molecule has 0 aromatic heterocycles. The van der Waals surface area contributed by atoms with Crippen LogP contribution in [-0.4, -0.2) is 14.0 Å². The van der Waals surface area contributed by atoms with E-state index in [9.17, 15) is 4.79 Å². The van der Waals surface area contributed by atoms with Crippen molar-refractivity contribution in [1.29, 1.82) is 0 Å². The minimum atomic E-state index is -1.40. The number of esters is 1. The van der Waals surface area contributed by atoms with E-state index in [-0.39, 0.29) is 11.9 Å². The Labute approximate surface area is 144 Å². The molecule has 0 amide bonds. The Bertz CT molecular complexity index is 857. The smallest absolute Gasteiger partial charge is 0.318 e. The van der Waals surface area contributed by atoms with Crippen LogP contribution in [-0.2, 0) is 9.53 Å². The minimum Gasteiger partial charge on any atom is -0.430 e. The molecule has 1 saturated heterocycles. The first-order valence-electron chi connectivity index (χ1n) is 8.35. The van der Waals surface area contributed by atoms with E-state index in [1.807, 2.05) is 24.3 Å². The fourth-order valence-electron chi connectivity index (χ4n) is 2.93. The van der Waals surface area contributed by atoms with Gasteiger partial charge >= 0.3 is 5.97 Å². The number of hydrogen-bond acceptors (Lipinski definition) is 2. The van der Waals surface area contributed by atoms with Gasteiger partial charge in [0.1, 0.15) is 13.8 Å². The van der Waals surface area contributed by atoms with Crippen LogP contribution in [0.2, 0.25) is 19.6 Å². The summed E-state index contributed by atoms with van der Waals surface area (Å²) in [5.74, 6) is 3.40. The van der Waals surface area contributed by atoms with Crippen LogP contribution in [0.1, 0.15) is 24.3 Å². The molecule has 1 fully saturated rings. The van der Waals surface area contributed by atoms with E-state index in [0.29, 0.717) is 5.76 Å². The first kappa shape index (κ1) is 16.5. The molecule has 0 aliphatic carbocycles. The van der Waals surface area contributed by atoms with E-state index in [2.05, 4.69) is 49.3 Å². The van der Waals surface area contributed by atoms with Crippen LogP contribution in [0.5, 0.6) is 0 Å². The third-order valence-corrected chi connectivity index (χ3v) is 4.97. The third-order valence-electron chi connectivity index (χ3n) is 4.07. The highest BCUT2D eigenvalue weighted by Crippen LogP contribution is 2.34. The molecule has 0 radical (unpaired) electrons. The Balaban J connectivity index is 1.82. The lowest BCUT2D eigenvalue weighted by Gasteiger charge is -2.23. The molecule has 0 saturated carbocycles. The van der Waals surface area contributed by atoms with Gasteiger partial charge in [0.15, 0.2) is 0 Å². The number of ether oxygens (including phenoxy) is 1. The highest BCUT2D eigenvalue weighted by Gasteiger charge is 2.29. The summed E-state index contributed by atoms with van der Waals surface area (Å²) < 4.78 is 5.55. The van der Waals surface area contributed by atoms with Crippen molar-refractivity contribution >= 4 is 24.8 Å². The van der Waals surface area contributed by atoms with E-state index >= 15 is 0 Å². The largest absolute Gasteiger partial charge is 0.430 e. The normalized spacial score (nSPS) is 19.7. The Morgan fingerprint density at radius 1 is 1.12 bits per heavy atom. The summed E-state index contributed by atoms with van der Waals surface area (Å²) in [5, 5.41) is 2.29. The Kier molecular flexibility index (Phi) is 4.59. The van der Waals surface area contributed by atoms with Gasteiger partial charge in [-0.05, 0) is 22.8 Å². The fourth-order valence-corrected chi connectivity index (χ4v) is 3.43. The minimum absolute atomic E-state index is 0.168. The Hall–Kier alpha value is -2.31. The molecule has 3 rings (SSSR count). The first-order valence-corrected chi connectivity index (χ1v) is 11.9. The van der Waals surface area contributed by atoms with Gasteiger partial charge in [-0.3, -0.25) is 4.79 Å². The summed E-state index contributed by atoms with van der Waals surface area (Å²) in [7, 11) is -1.40. The van der Waals surface area contributed by atoms with E-state index < -0.39 is 8.07 Å². The van der Waals surface area contributed by atoms with Crippen LogP contribution in [0.15, 0.2) is 54.3 Å². The number of cyclic esters (lactones) is 1. The molecule has 0 N–H and O–H groups in total. The fraction of sp³-hybridized carbons (Fsp3) is 0.286. The van der Waals surface area contributed by atoms with Crippen molar-refractivity contribution < 1.29 is 9.53 Å². The lowest BCUT2D eigenvalue weighted by Crippen LogP contribution is -2.21. The van der Waals surface area contributed by atoms with Crippen molar-refractivity contribution in [3.05, 3.63) is 59.9 Å². The molecule has 3 heteroatoms. The van der Waals surface area contributed by atoms with Gasteiger partial charge in [0, 0.05) is 12.5 Å². The van der Waals surface area contributed by atoms with Crippen molar-refractivity contribution in [3.8, 4) is 11.5 Å². The molecule has 1 aliphatic rings. The third kappa shape index (κ3) is 3.77. The molecule has 1 atom stereocenters. The maximum absolute atomic E-state index is 12.5. The van der Waals surface area contributed by atoms with Crippen LogP contribution in [0.3, 0.4) is 0 Å². The van der Waals surface area contributed by atoms with Gasteiger partial charge in [-0.2, -0.15) is 0 Å². The van der Waals surface area contributed by atoms with E-state index in [4.69, 9.17) is 4.74 Å². The van der Waals surface area contributed by atoms with Gasteiger partial charge in [0.2, 0.25) is 0 Å². The van der Waals surface area contributed by atoms with Crippen molar-refractivity contribution in [2.45, 2.75) is 38.4 Å². The van der Waals surface area contributed by atoms with Gasteiger partial charge in [0.05, 0.1) is 5.92 Å². The standard InChI is InChI=1S/C21H22O2Si/c1-24(2,3)15-7-10-17-13-14-20(21(22)23-17)19-12-6-9-16-8-4-5-11-18(16)19/h4-6,8-12,20H,13-14H2,1-3H3/b17-10+. The van der Waals surface area contributed by atoms with E-state index in [0.717, 1.165) is 29.2 Å². The molecule has 0 spiro atoms. The summed E-state index contributed by atoms with van der Waals surface area (Å²) in [5.41, 5.74) is 4.33. The molecular weight excluding hydrogens is 312 g/mol. The van der Waals surface area contributed by atoms with Crippen molar-refractivity contribution in [2.24, 2.45) is 0 Å². The molecule has 2 aromatic carbocycles. The second kappa shape index (κ2) is 6.66. The van der Waals surface area contributed by atoms with Crippen LogP contribution < -0.4 is 0 Å². The average molecular weight is 334 g/mol. The number of fused-ring (bicyclic) bond motifs is 1. The van der Waals surface area contributed by atoms with Crippen molar-refractivity contribution in [2.75, 3.05) is 0 Å². The van der Waals surface area contributed by atoms with Crippen LogP contribution in [0.25, 0.3) is 10.8 Å². The molecule has 122 valence electrons. The molecule has 0 bridgehead atoms. The van der Waals surface area contributed by atoms with Crippen molar-refractivity contribution in [3.63, 3.8) is 0 Å². The Morgan fingerprint density at radius 2 is 1.88 bits per heavy atom. The highest BCUT2D eigenvalue weighted by molar-refractivity contribution is 6.83. The second-order valence-electron chi connectivity index (χ2n) is 7.21. The summed E-state index contributed by atoms with van der Waals surface area (Å²) >= 11 is 0. The number of carbonyl (C=O) groups excluding carboxylic acids is 1. The van der Waals surface area contributed by atoms with Crippen LogP contribution in [0, 0.1) is 11.5 Å². The quantitative estimate of drug-likeness (QED) is 0.415. The molecule has 24 heavy (non-hydrogen) atoms. The summed E-state index contributed by atoms with van der Waals surface area (Å²) in [6.07, 6.45) is 3.29. The van der Waals surface area contributed by atoms with E-state index in [1.54, 1.807) is 6.08 Å². The maximum Gasteiger partial charge on any atom is 0.318 e. The lowest BCUT2D eigenvalue weighted by atomic mass is 9.88. The average Bonchev–Trinajstić information content (AvgIpc) is 2.53. The number of rotatable bonds is 1. The zero-order valence-electron chi connectivity index (χ0n) is 14.4.